The second kappa shape index (κ2) is 7.97. The van der Waals surface area contributed by atoms with Gasteiger partial charge in [0.25, 0.3) is 0 Å². The topological polar surface area (TPSA) is 70.6 Å². The molecule has 0 saturated heterocycles. The van der Waals surface area contributed by atoms with Crippen molar-refractivity contribution in [2.75, 3.05) is 19.0 Å². The fourth-order valence-electron chi connectivity index (χ4n) is 1.78. The minimum atomic E-state index is -0.554. The summed E-state index contributed by atoms with van der Waals surface area (Å²) in [6.07, 6.45) is 0.0860. The van der Waals surface area contributed by atoms with Crippen LogP contribution in [0.3, 0.4) is 0 Å². The number of urea groups is 1. The molecule has 0 aromatic heterocycles. The number of halogens is 1. The lowest BCUT2D eigenvalue weighted by Gasteiger charge is -2.15. The summed E-state index contributed by atoms with van der Waals surface area (Å²) in [7, 11) is 1.51. The number of carbonyl (C=O) groups is 1. The highest BCUT2D eigenvalue weighted by Crippen LogP contribution is 2.27. The first-order valence-corrected chi connectivity index (χ1v) is 6.86. The van der Waals surface area contributed by atoms with Crippen LogP contribution in [0.1, 0.15) is 20.3 Å². The number of methoxy groups -OCH3 is 1. The fraction of sp³-hybridized carbons (Fsp3) is 0.500. The second-order valence-electron chi connectivity index (χ2n) is 4.96. The van der Waals surface area contributed by atoms with E-state index in [9.17, 15) is 9.90 Å². The molecule has 5 nitrogen and oxygen atoms in total. The van der Waals surface area contributed by atoms with E-state index in [0.717, 1.165) is 0 Å². The summed E-state index contributed by atoms with van der Waals surface area (Å²) in [6.45, 7) is 4.23. The number of benzene rings is 1. The highest BCUT2D eigenvalue weighted by atomic mass is 35.5. The first-order chi connectivity index (χ1) is 9.42. The summed E-state index contributed by atoms with van der Waals surface area (Å²) >= 11 is 5.87. The van der Waals surface area contributed by atoms with Crippen LogP contribution in [-0.4, -0.2) is 30.9 Å². The van der Waals surface area contributed by atoms with Gasteiger partial charge in [-0.3, -0.25) is 0 Å². The highest BCUT2D eigenvalue weighted by Gasteiger charge is 2.11. The highest BCUT2D eigenvalue weighted by molar-refractivity contribution is 6.31. The number of aliphatic hydroxyl groups is 1. The summed E-state index contributed by atoms with van der Waals surface area (Å²) in [5.41, 5.74) is 0.482. The van der Waals surface area contributed by atoms with Gasteiger partial charge in [0.05, 0.1) is 18.9 Å². The third kappa shape index (κ3) is 5.67. The van der Waals surface area contributed by atoms with Gasteiger partial charge in [-0.2, -0.15) is 0 Å². The predicted octanol–water partition coefficient (Wildman–Crippen LogP) is 2.88. The molecule has 20 heavy (non-hydrogen) atoms. The van der Waals surface area contributed by atoms with Crippen LogP contribution in [0.5, 0.6) is 5.75 Å². The van der Waals surface area contributed by atoms with E-state index in [4.69, 9.17) is 16.3 Å². The van der Waals surface area contributed by atoms with Gasteiger partial charge in [-0.25, -0.2) is 4.79 Å². The van der Waals surface area contributed by atoms with Gasteiger partial charge in [-0.05, 0) is 30.5 Å². The minimum Gasteiger partial charge on any atom is -0.495 e. The van der Waals surface area contributed by atoms with Gasteiger partial charge in [0, 0.05) is 11.6 Å². The number of hydrogen-bond donors (Lipinski definition) is 3. The zero-order valence-electron chi connectivity index (χ0n) is 11.9. The van der Waals surface area contributed by atoms with Gasteiger partial charge >= 0.3 is 6.03 Å². The van der Waals surface area contributed by atoms with Crippen LogP contribution in [0.2, 0.25) is 5.02 Å². The van der Waals surface area contributed by atoms with E-state index in [1.54, 1.807) is 18.2 Å². The van der Waals surface area contributed by atoms with Crippen LogP contribution in [0.15, 0.2) is 18.2 Å². The summed E-state index contributed by atoms with van der Waals surface area (Å²) in [4.78, 5) is 11.8. The SMILES string of the molecule is COc1ccc(Cl)cc1NC(=O)NCC(O)CC(C)C. The van der Waals surface area contributed by atoms with Crippen molar-refractivity contribution < 1.29 is 14.6 Å². The molecule has 1 rings (SSSR count). The molecular formula is C14H21ClN2O3. The third-order valence-electron chi connectivity index (χ3n) is 2.65. The number of hydrogen-bond acceptors (Lipinski definition) is 3. The number of anilines is 1. The van der Waals surface area contributed by atoms with Gasteiger partial charge in [-0.1, -0.05) is 25.4 Å². The molecule has 2 amide bonds. The molecule has 1 aromatic carbocycles. The Labute approximate surface area is 124 Å². The number of nitrogens with one attached hydrogen (secondary N) is 2. The first kappa shape index (κ1) is 16.6. The van der Waals surface area contributed by atoms with Gasteiger partial charge in [0.1, 0.15) is 5.75 Å². The molecule has 0 bridgehead atoms. The maximum Gasteiger partial charge on any atom is 0.319 e. The summed E-state index contributed by atoms with van der Waals surface area (Å²) in [5.74, 6) is 0.898. The van der Waals surface area contributed by atoms with E-state index in [-0.39, 0.29) is 6.54 Å². The predicted molar refractivity (Wildman–Crippen MR) is 80.5 cm³/mol. The Morgan fingerprint density at radius 1 is 1.45 bits per heavy atom. The van der Waals surface area contributed by atoms with Crippen molar-refractivity contribution in [2.24, 2.45) is 5.92 Å². The second-order valence-corrected chi connectivity index (χ2v) is 5.40. The molecule has 0 heterocycles. The van der Waals surface area contributed by atoms with Crippen molar-refractivity contribution in [1.82, 2.24) is 5.32 Å². The Hall–Kier alpha value is -1.46. The molecule has 0 aliphatic heterocycles. The Bertz CT molecular complexity index is 452. The van der Waals surface area contributed by atoms with Crippen LogP contribution in [0.25, 0.3) is 0 Å². The van der Waals surface area contributed by atoms with Crippen LogP contribution in [-0.2, 0) is 0 Å². The van der Waals surface area contributed by atoms with Crippen molar-refractivity contribution in [1.29, 1.82) is 0 Å². The number of rotatable bonds is 6. The Morgan fingerprint density at radius 3 is 2.75 bits per heavy atom. The summed E-state index contributed by atoms with van der Waals surface area (Å²) in [6, 6.07) is 4.54. The normalized spacial score (nSPS) is 12.1. The minimum absolute atomic E-state index is 0.201. The zero-order chi connectivity index (χ0) is 15.1. The first-order valence-electron chi connectivity index (χ1n) is 6.48. The molecule has 6 heteroatoms. The molecule has 1 atom stereocenters. The molecule has 112 valence electrons. The summed E-state index contributed by atoms with van der Waals surface area (Å²) < 4.78 is 5.13. The molecule has 3 N–H and O–H groups in total. The zero-order valence-corrected chi connectivity index (χ0v) is 12.7. The molecular weight excluding hydrogens is 280 g/mol. The fourth-order valence-corrected chi connectivity index (χ4v) is 1.95. The van der Waals surface area contributed by atoms with E-state index in [0.29, 0.717) is 28.8 Å². The number of aliphatic hydroxyl groups excluding tert-OH is 1. The van der Waals surface area contributed by atoms with Crippen LogP contribution in [0.4, 0.5) is 10.5 Å². The molecule has 0 fully saturated rings. The molecule has 0 aliphatic rings. The monoisotopic (exact) mass is 300 g/mol. The maximum atomic E-state index is 11.8. The third-order valence-corrected chi connectivity index (χ3v) is 2.89. The van der Waals surface area contributed by atoms with E-state index < -0.39 is 12.1 Å². The average Bonchev–Trinajstić information content (AvgIpc) is 2.36. The quantitative estimate of drug-likeness (QED) is 0.756. The van der Waals surface area contributed by atoms with Crippen LogP contribution < -0.4 is 15.4 Å². The molecule has 1 aromatic rings. The maximum absolute atomic E-state index is 11.8. The number of carbonyl (C=O) groups excluding carboxylic acids is 1. The Kier molecular flexibility index (Phi) is 6.61. The number of ether oxygens (including phenoxy) is 1. The standard InChI is InChI=1S/C14H21ClN2O3/c1-9(2)6-11(18)8-16-14(19)17-12-7-10(15)4-5-13(12)20-3/h4-5,7,9,11,18H,6,8H2,1-3H3,(H2,16,17,19). The lowest BCUT2D eigenvalue weighted by atomic mass is 10.1. The van der Waals surface area contributed by atoms with E-state index >= 15 is 0 Å². The van der Waals surface area contributed by atoms with Gasteiger partial charge in [0.2, 0.25) is 0 Å². The molecule has 0 aliphatic carbocycles. The summed E-state index contributed by atoms with van der Waals surface area (Å²) in [5, 5.41) is 15.4. The van der Waals surface area contributed by atoms with Gasteiger partial charge < -0.3 is 20.5 Å². The van der Waals surface area contributed by atoms with E-state index in [1.165, 1.54) is 7.11 Å². The van der Waals surface area contributed by atoms with Crippen molar-refractivity contribution in [3.05, 3.63) is 23.2 Å². The lowest BCUT2D eigenvalue weighted by Crippen LogP contribution is -2.35. The number of amides is 2. The lowest BCUT2D eigenvalue weighted by molar-refractivity contribution is 0.148. The van der Waals surface area contributed by atoms with Gasteiger partial charge in [-0.15, -0.1) is 0 Å². The molecule has 0 radical (unpaired) electrons. The van der Waals surface area contributed by atoms with Crippen LogP contribution >= 0.6 is 11.6 Å². The van der Waals surface area contributed by atoms with Gasteiger partial charge in [0.15, 0.2) is 0 Å². The Balaban J connectivity index is 2.52. The van der Waals surface area contributed by atoms with Crippen molar-refractivity contribution >= 4 is 23.3 Å². The molecule has 1 unspecified atom stereocenters. The van der Waals surface area contributed by atoms with Crippen LogP contribution in [0, 0.1) is 5.92 Å². The van der Waals surface area contributed by atoms with E-state index in [1.807, 2.05) is 13.8 Å². The molecule has 0 saturated carbocycles. The average molecular weight is 301 g/mol. The van der Waals surface area contributed by atoms with Crippen molar-refractivity contribution in [3.63, 3.8) is 0 Å². The largest absolute Gasteiger partial charge is 0.495 e. The Morgan fingerprint density at radius 2 is 2.15 bits per heavy atom. The van der Waals surface area contributed by atoms with Crippen molar-refractivity contribution in [2.45, 2.75) is 26.4 Å². The molecule has 0 spiro atoms. The van der Waals surface area contributed by atoms with Crippen molar-refractivity contribution in [3.8, 4) is 5.75 Å². The smallest absolute Gasteiger partial charge is 0.319 e. The van der Waals surface area contributed by atoms with E-state index in [2.05, 4.69) is 10.6 Å².